The van der Waals surface area contributed by atoms with E-state index in [4.69, 9.17) is 0 Å². The van der Waals surface area contributed by atoms with Crippen molar-refractivity contribution in [2.24, 2.45) is 11.8 Å². The van der Waals surface area contributed by atoms with Gasteiger partial charge in [-0.05, 0) is 85.5 Å². The van der Waals surface area contributed by atoms with Crippen LogP contribution in [0.3, 0.4) is 0 Å². The summed E-state index contributed by atoms with van der Waals surface area (Å²) in [4.78, 5) is 13.3. The molecule has 4 rings (SSSR count). The van der Waals surface area contributed by atoms with Crippen LogP contribution < -0.4 is 0 Å². The Labute approximate surface area is 170 Å². The second kappa shape index (κ2) is 8.64. The van der Waals surface area contributed by atoms with E-state index >= 15 is 0 Å². The maximum atomic E-state index is 13.3. The molecule has 0 amide bonds. The van der Waals surface area contributed by atoms with Gasteiger partial charge in [0.2, 0.25) is 0 Å². The van der Waals surface area contributed by atoms with Crippen molar-refractivity contribution in [1.82, 2.24) is 0 Å². The van der Waals surface area contributed by atoms with Crippen LogP contribution in [-0.2, 0) is 4.79 Å². The van der Waals surface area contributed by atoms with Crippen molar-refractivity contribution in [1.29, 1.82) is 0 Å². The molecule has 2 saturated carbocycles. The highest BCUT2D eigenvalue weighted by Gasteiger charge is 2.34. The monoisotopic (exact) mass is 374 g/mol. The standard InChI is InChI=1S/C27H34O/c1-19-9-3-5-15-24(19)26(21-11-7-12-21)17-23(28)18-27(22-13-8-14-22)25-16-6-4-10-20(25)2/h3-6,9-10,15-16,21-22,26-27H,7-8,11-14,17-18H2,1-2H3. The van der Waals surface area contributed by atoms with Gasteiger partial charge in [0.05, 0.1) is 0 Å². The predicted octanol–water partition coefficient (Wildman–Crippen LogP) is 7.12. The van der Waals surface area contributed by atoms with E-state index in [1.165, 1.54) is 60.8 Å². The van der Waals surface area contributed by atoms with Gasteiger partial charge in [0.25, 0.3) is 0 Å². The van der Waals surface area contributed by atoms with Gasteiger partial charge in [0.15, 0.2) is 0 Å². The third-order valence-electron chi connectivity index (χ3n) is 7.51. The van der Waals surface area contributed by atoms with Crippen LogP contribution in [0.25, 0.3) is 0 Å². The molecule has 1 nitrogen and oxygen atoms in total. The van der Waals surface area contributed by atoms with Gasteiger partial charge in [-0.25, -0.2) is 0 Å². The number of carbonyl (C=O) groups excluding carboxylic acids is 1. The van der Waals surface area contributed by atoms with Crippen LogP contribution in [-0.4, -0.2) is 5.78 Å². The molecule has 2 aliphatic carbocycles. The average Bonchev–Trinajstić information content (AvgIpc) is 2.58. The van der Waals surface area contributed by atoms with Gasteiger partial charge in [0.1, 0.15) is 5.78 Å². The van der Waals surface area contributed by atoms with Crippen LogP contribution in [0, 0.1) is 25.7 Å². The maximum absolute atomic E-state index is 13.3. The molecular weight excluding hydrogens is 340 g/mol. The summed E-state index contributed by atoms with van der Waals surface area (Å²) < 4.78 is 0. The fraction of sp³-hybridized carbons (Fsp3) is 0.519. The van der Waals surface area contributed by atoms with Gasteiger partial charge in [-0.15, -0.1) is 0 Å². The zero-order valence-corrected chi connectivity index (χ0v) is 17.5. The van der Waals surface area contributed by atoms with E-state index in [1.807, 2.05) is 0 Å². The summed E-state index contributed by atoms with van der Waals surface area (Å²) in [6, 6.07) is 17.4. The van der Waals surface area contributed by atoms with Gasteiger partial charge in [-0.1, -0.05) is 61.4 Å². The Bertz CT molecular complexity index is 745. The third kappa shape index (κ3) is 4.09. The van der Waals surface area contributed by atoms with Gasteiger partial charge < -0.3 is 0 Å². The summed E-state index contributed by atoms with van der Waals surface area (Å²) in [7, 11) is 0. The highest BCUT2D eigenvalue weighted by molar-refractivity contribution is 5.80. The number of rotatable bonds is 8. The Morgan fingerprint density at radius 1 is 0.750 bits per heavy atom. The number of carbonyl (C=O) groups is 1. The summed E-state index contributed by atoms with van der Waals surface area (Å²) in [5.41, 5.74) is 5.52. The van der Waals surface area contributed by atoms with E-state index in [9.17, 15) is 4.79 Å². The second-order valence-electron chi connectivity index (χ2n) is 9.26. The van der Waals surface area contributed by atoms with Crippen molar-refractivity contribution in [3.05, 3.63) is 70.8 Å². The Hall–Kier alpha value is -1.89. The van der Waals surface area contributed by atoms with E-state index in [-0.39, 0.29) is 0 Å². The molecule has 0 heterocycles. The summed E-state index contributed by atoms with van der Waals surface area (Å²) in [5.74, 6) is 2.71. The Kier molecular flexibility index (Phi) is 5.99. The lowest BCUT2D eigenvalue weighted by Crippen LogP contribution is -2.27. The first kappa shape index (κ1) is 19.4. The topological polar surface area (TPSA) is 17.1 Å². The molecule has 2 unspecified atom stereocenters. The first-order chi connectivity index (χ1) is 13.6. The SMILES string of the molecule is Cc1ccccc1C(CC(=O)CC(c1ccccc1C)C1CCC1)C1CCC1. The molecule has 0 aliphatic heterocycles. The van der Waals surface area contributed by atoms with Crippen molar-refractivity contribution in [3.8, 4) is 0 Å². The van der Waals surface area contributed by atoms with Gasteiger partial charge in [-0.2, -0.15) is 0 Å². The largest absolute Gasteiger partial charge is 0.300 e. The summed E-state index contributed by atoms with van der Waals surface area (Å²) in [6.45, 7) is 4.41. The highest BCUT2D eigenvalue weighted by atomic mass is 16.1. The molecule has 28 heavy (non-hydrogen) atoms. The number of benzene rings is 2. The number of hydrogen-bond acceptors (Lipinski definition) is 1. The Balaban J connectivity index is 1.52. The van der Waals surface area contributed by atoms with Crippen LogP contribution in [0.5, 0.6) is 0 Å². The molecular formula is C27H34O. The van der Waals surface area contributed by atoms with Crippen LogP contribution >= 0.6 is 0 Å². The van der Waals surface area contributed by atoms with Crippen LogP contribution in [0.15, 0.2) is 48.5 Å². The molecule has 0 saturated heterocycles. The fourth-order valence-electron chi connectivity index (χ4n) is 5.33. The first-order valence-electron chi connectivity index (χ1n) is 11.3. The van der Waals surface area contributed by atoms with Crippen molar-refractivity contribution in [2.45, 2.75) is 77.0 Å². The van der Waals surface area contributed by atoms with Gasteiger partial charge >= 0.3 is 0 Å². The molecule has 2 atom stereocenters. The Morgan fingerprint density at radius 3 is 1.46 bits per heavy atom. The maximum Gasteiger partial charge on any atom is 0.134 e. The highest BCUT2D eigenvalue weighted by Crippen LogP contribution is 2.45. The molecule has 2 aromatic carbocycles. The number of hydrogen-bond donors (Lipinski definition) is 0. The lowest BCUT2D eigenvalue weighted by atomic mass is 9.67. The van der Waals surface area contributed by atoms with Crippen LogP contribution in [0.2, 0.25) is 0 Å². The van der Waals surface area contributed by atoms with E-state index in [0.29, 0.717) is 29.5 Å². The number of aryl methyl sites for hydroxylation is 2. The van der Waals surface area contributed by atoms with E-state index in [1.54, 1.807) is 0 Å². The van der Waals surface area contributed by atoms with Gasteiger partial charge in [-0.3, -0.25) is 4.79 Å². The second-order valence-corrected chi connectivity index (χ2v) is 9.26. The molecule has 0 bridgehead atoms. The lowest BCUT2D eigenvalue weighted by Gasteiger charge is -2.37. The fourth-order valence-corrected chi connectivity index (χ4v) is 5.33. The van der Waals surface area contributed by atoms with Crippen LogP contribution in [0.4, 0.5) is 0 Å². The molecule has 0 spiro atoms. The number of Topliss-reactive ketones (excluding diaryl/α,β-unsaturated/α-hetero) is 1. The molecule has 0 radical (unpaired) electrons. The van der Waals surface area contributed by atoms with Gasteiger partial charge in [0, 0.05) is 12.8 Å². The van der Waals surface area contributed by atoms with Crippen molar-refractivity contribution < 1.29 is 4.79 Å². The molecule has 1 heteroatoms. The quantitative estimate of drug-likeness (QED) is 0.481. The van der Waals surface area contributed by atoms with E-state index < -0.39 is 0 Å². The van der Waals surface area contributed by atoms with E-state index in [0.717, 1.165) is 12.8 Å². The zero-order chi connectivity index (χ0) is 19.5. The minimum atomic E-state index is 0.418. The van der Waals surface area contributed by atoms with Crippen molar-refractivity contribution >= 4 is 5.78 Å². The molecule has 0 N–H and O–H groups in total. The molecule has 148 valence electrons. The summed E-state index contributed by atoms with van der Waals surface area (Å²) >= 11 is 0. The summed E-state index contributed by atoms with van der Waals surface area (Å²) in [5, 5.41) is 0. The third-order valence-corrected chi connectivity index (χ3v) is 7.51. The smallest absolute Gasteiger partial charge is 0.134 e. The molecule has 2 fully saturated rings. The normalized spacial score (nSPS) is 19.5. The van der Waals surface area contributed by atoms with E-state index in [2.05, 4.69) is 62.4 Å². The minimum absolute atomic E-state index is 0.418. The van der Waals surface area contributed by atoms with Crippen molar-refractivity contribution in [2.75, 3.05) is 0 Å². The van der Waals surface area contributed by atoms with Crippen LogP contribution in [0.1, 0.15) is 85.5 Å². The van der Waals surface area contributed by atoms with Crippen molar-refractivity contribution in [3.63, 3.8) is 0 Å². The predicted molar refractivity (Wildman–Crippen MR) is 117 cm³/mol. The first-order valence-corrected chi connectivity index (χ1v) is 11.3. The minimum Gasteiger partial charge on any atom is -0.300 e. The summed E-state index contributed by atoms with van der Waals surface area (Å²) in [6.07, 6.45) is 9.26. The Morgan fingerprint density at radius 2 is 1.14 bits per heavy atom. The lowest BCUT2D eigenvalue weighted by molar-refractivity contribution is -0.120. The zero-order valence-electron chi connectivity index (χ0n) is 17.5. The molecule has 0 aromatic heterocycles. The average molecular weight is 375 g/mol. The molecule has 2 aromatic rings. The number of ketones is 1. The molecule has 2 aliphatic rings.